The Morgan fingerprint density at radius 1 is 1.15 bits per heavy atom. The van der Waals surface area contributed by atoms with E-state index in [0.717, 1.165) is 5.56 Å². The first-order chi connectivity index (χ1) is 12.5. The molecule has 2 aromatic carbocycles. The SMILES string of the molecule is C=CCOC[C@@H](O)CN(Cc1ccc(F)cc1)Cc1ccc(C)cc1C. The fraction of sp³-hybridized carbons (Fsp3) is 0.364. The Balaban J connectivity index is 2.08. The van der Waals surface area contributed by atoms with E-state index in [-0.39, 0.29) is 12.4 Å². The zero-order chi connectivity index (χ0) is 18.9. The van der Waals surface area contributed by atoms with Crippen LogP contribution in [0.4, 0.5) is 4.39 Å². The van der Waals surface area contributed by atoms with Gasteiger partial charge < -0.3 is 9.84 Å². The Labute approximate surface area is 155 Å². The zero-order valence-electron chi connectivity index (χ0n) is 15.6. The van der Waals surface area contributed by atoms with Gasteiger partial charge in [0.15, 0.2) is 0 Å². The van der Waals surface area contributed by atoms with Gasteiger partial charge in [-0.2, -0.15) is 0 Å². The summed E-state index contributed by atoms with van der Waals surface area (Å²) in [6.45, 7) is 10.3. The topological polar surface area (TPSA) is 32.7 Å². The number of aliphatic hydroxyl groups is 1. The number of hydrogen-bond acceptors (Lipinski definition) is 3. The molecule has 1 atom stereocenters. The van der Waals surface area contributed by atoms with Crippen molar-refractivity contribution in [2.45, 2.75) is 33.0 Å². The highest BCUT2D eigenvalue weighted by Gasteiger charge is 2.14. The van der Waals surface area contributed by atoms with Crippen LogP contribution < -0.4 is 0 Å². The molecule has 0 saturated carbocycles. The van der Waals surface area contributed by atoms with Crippen LogP contribution in [0.5, 0.6) is 0 Å². The summed E-state index contributed by atoms with van der Waals surface area (Å²) in [4.78, 5) is 2.16. The molecule has 0 aliphatic heterocycles. The minimum Gasteiger partial charge on any atom is -0.389 e. The van der Waals surface area contributed by atoms with Crippen molar-refractivity contribution in [3.8, 4) is 0 Å². The van der Waals surface area contributed by atoms with E-state index >= 15 is 0 Å². The van der Waals surface area contributed by atoms with Crippen LogP contribution in [-0.4, -0.2) is 35.9 Å². The molecule has 0 fully saturated rings. The summed E-state index contributed by atoms with van der Waals surface area (Å²) in [6.07, 6.45) is 1.07. The standard InChI is InChI=1S/C22H28FNO2/c1-4-11-26-16-22(25)15-24(13-19-6-9-21(23)10-7-19)14-20-8-5-17(2)12-18(20)3/h4-10,12,22,25H,1,11,13-16H2,2-3H3/t22-/m0/s1. The molecule has 0 saturated heterocycles. The van der Waals surface area contributed by atoms with E-state index < -0.39 is 6.10 Å². The van der Waals surface area contributed by atoms with Crippen LogP contribution in [0.25, 0.3) is 0 Å². The lowest BCUT2D eigenvalue weighted by Gasteiger charge is -2.26. The summed E-state index contributed by atoms with van der Waals surface area (Å²) < 4.78 is 18.5. The normalized spacial score (nSPS) is 12.3. The molecular formula is C22H28FNO2. The fourth-order valence-electron chi connectivity index (χ4n) is 2.94. The van der Waals surface area contributed by atoms with Crippen molar-refractivity contribution in [1.82, 2.24) is 4.90 Å². The van der Waals surface area contributed by atoms with Gasteiger partial charge in [-0.1, -0.05) is 42.0 Å². The summed E-state index contributed by atoms with van der Waals surface area (Å²) in [6, 6.07) is 12.9. The smallest absolute Gasteiger partial charge is 0.123 e. The second-order valence-corrected chi connectivity index (χ2v) is 6.71. The molecule has 1 N–H and O–H groups in total. The molecule has 0 bridgehead atoms. The first-order valence-electron chi connectivity index (χ1n) is 8.87. The molecule has 0 aromatic heterocycles. The van der Waals surface area contributed by atoms with Crippen molar-refractivity contribution in [3.63, 3.8) is 0 Å². The highest BCUT2D eigenvalue weighted by molar-refractivity contribution is 5.30. The number of benzene rings is 2. The maximum atomic E-state index is 13.2. The van der Waals surface area contributed by atoms with Crippen molar-refractivity contribution in [2.75, 3.05) is 19.8 Å². The quantitative estimate of drug-likeness (QED) is 0.515. The maximum absolute atomic E-state index is 13.2. The number of hydrogen-bond donors (Lipinski definition) is 1. The lowest BCUT2D eigenvalue weighted by molar-refractivity contribution is 0.0228. The van der Waals surface area contributed by atoms with Crippen LogP contribution in [0.1, 0.15) is 22.3 Å². The minimum absolute atomic E-state index is 0.243. The lowest BCUT2D eigenvalue weighted by Crippen LogP contribution is -2.34. The maximum Gasteiger partial charge on any atom is 0.123 e. The van der Waals surface area contributed by atoms with Crippen LogP contribution in [0.3, 0.4) is 0 Å². The van der Waals surface area contributed by atoms with E-state index in [2.05, 4.69) is 43.5 Å². The number of aliphatic hydroxyl groups excluding tert-OH is 1. The van der Waals surface area contributed by atoms with Crippen molar-refractivity contribution >= 4 is 0 Å². The van der Waals surface area contributed by atoms with Gasteiger partial charge in [0.2, 0.25) is 0 Å². The summed E-state index contributed by atoms with van der Waals surface area (Å²) in [5.74, 6) is -0.243. The van der Waals surface area contributed by atoms with Gasteiger partial charge in [-0.25, -0.2) is 4.39 Å². The first kappa shape index (κ1) is 20.3. The highest BCUT2D eigenvalue weighted by atomic mass is 19.1. The molecule has 140 valence electrons. The van der Waals surface area contributed by atoms with E-state index in [1.807, 2.05) is 0 Å². The summed E-state index contributed by atoms with van der Waals surface area (Å²) in [5, 5.41) is 10.3. The van der Waals surface area contributed by atoms with Crippen LogP contribution >= 0.6 is 0 Å². The van der Waals surface area contributed by atoms with Crippen molar-refractivity contribution in [2.24, 2.45) is 0 Å². The number of rotatable bonds is 10. The Bertz CT molecular complexity index is 700. The molecule has 4 heteroatoms. The summed E-state index contributed by atoms with van der Waals surface area (Å²) >= 11 is 0. The monoisotopic (exact) mass is 357 g/mol. The summed E-state index contributed by atoms with van der Waals surface area (Å²) in [7, 11) is 0. The Morgan fingerprint density at radius 2 is 1.88 bits per heavy atom. The Morgan fingerprint density at radius 3 is 2.54 bits per heavy atom. The van der Waals surface area contributed by atoms with Crippen LogP contribution in [-0.2, 0) is 17.8 Å². The van der Waals surface area contributed by atoms with Gasteiger partial charge in [-0.05, 0) is 42.7 Å². The van der Waals surface area contributed by atoms with Gasteiger partial charge in [0, 0.05) is 19.6 Å². The predicted octanol–water partition coefficient (Wildman–Crippen LogP) is 4.01. The first-order valence-corrected chi connectivity index (χ1v) is 8.87. The average Bonchev–Trinajstić information content (AvgIpc) is 2.59. The molecule has 3 nitrogen and oxygen atoms in total. The molecule has 0 unspecified atom stereocenters. The van der Waals surface area contributed by atoms with Gasteiger partial charge in [0.1, 0.15) is 5.82 Å². The number of nitrogens with zero attached hydrogens (tertiary/aromatic N) is 1. The van der Waals surface area contributed by atoms with E-state index in [1.54, 1.807) is 18.2 Å². The molecule has 2 aromatic rings. The van der Waals surface area contributed by atoms with Crippen molar-refractivity contribution < 1.29 is 14.2 Å². The van der Waals surface area contributed by atoms with E-state index in [9.17, 15) is 9.50 Å². The molecule has 0 spiro atoms. The number of aryl methyl sites for hydroxylation is 2. The minimum atomic E-state index is -0.596. The molecule has 0 radical (unpaired) electrons. The van der Waals surface area contributed by atoms with E-state index in [0.29, 0.717) is 26.2 Å². The predicted molar refractivity (Wildman–Crippen MR) is 103 cm³/mol. The molecule has 0 heterocycles. The molecule has 2 rings (SSSR count). The molecular weight excluding hydrogens is 329 g/mol. The highest BCUT2D eigenvalue weighted by Crippen LogP contribution is 2.16. The van der Waals surface area contributed by atoms with Gasteiger partial charge in [0.25, 0.3) is 0 Å². The third-order valence-corrected chi connectivity index (χ3v) is 4.23. The average molecular weight is 357 g/mol. The second kappa shape index (κ2) is 10.2. The molecule has 0 amide bonds. The van der Waals surface area contributed by atoms with Crippen molar-refractivity contribution in [1.29, 1.82) is 0 Å². The largest absolute Gasteiger partial charge is 0.389 e. The van der Waals surface area contributed by atoms with Crippen LogP contribution in [0.15, 0.2) is 55.1 Å². The van der Waals surface area contributed by atoms with Crippen LogP contribution in [0, 0.1) is 19.7 Å². The van der Waals surface area contributed by atoms with E-state index in [1.165, 1.54) is 28.8 Å². The lowest BCUT2D eigenvalue weighted by atomic mass is 10.0. The Hall–Kier alpha value is -2.01. The number of ether oxygens (including phenoxy) is 1. The Kier molecular flexibility index (Phi) is 7.98. The fourth-order valence-corrected chi connectivity index (χ4v) is 2.94. The van der Waals surface area contributed by atoms with E-state index in [4.69, 9.17) is 4.74 Å². The third kappa shape index (κ3) is 6.71. The van der Waals surface area contributed by atoms with Gasteiger partial charge in [0.05, 0.1) is 19.3 Å². The number of halogens is 1. The second-order valence-electron chi connectivity index (χ2n) is 6.71. The zero-order valence-corrected chi connectivity index (χ0v) is 15.6. The molecule has 0 aliphatic carbocycles. The third-order valence-electron chi connectivity index (χ3n) is 4.23. The van der Waals surface area contributed by atoms with Crippen LogP contribution in [0.2, 0.25) is 0 Å². The summed E-state index contributed by atoms with van der Waals surface area (Å²) in [5.41, 5.74) is 4.69. The molecule has 0 aliphatic rings. The van der Waals surface area contributed by atoms with Gasteiger partial charge in [-0.3, -0.25) is 4.90 Å². The van der Waals surface area contributed by atoms with Crippen molar-refractivity contribution in [3.05, 3.63) is 83.2 Å². The van der Waals surface area contributed by atoms with Gasteiger partial charge in [-0.15, -0.1) is 6.58 Å². The van der Waals surface area contributed by atoms with Gasteiger partial charge >= 0.3 is 0 Å². The molecule has 26 heavy (non-hydrogen) atoms.